The molecular weight excluding hydrogens is 232 g/mol. The number of nitrogens with two attached hydrogens (primary N) is 2. The van der Waals surface area contributed by atoms with E-state index < -0.39 is 28.7 Å². The van der Waals surface area contributed by atoms with E-state index in [0.29, 0.717) is 0 Å². The summed E-state index contributed by atoms with van der Waals surface area (Å²) in [6.45, 7) is 0. The largest absolute Gasteiger partial charge is 0.385 e. The second-order valence-electron chi connectivity index (χ2n) is 3.22. The minimum absolute atomic E-state index is 0.128. The molecule has 9 nitrogen and oxygen atoms in total. The molecule has 0 aliphatic heterocycles. The molecule has 0 aromatic carbocycles. The van der Waals surface area contributed by atoms with Crippen LogP contribution >= 0.6 is 0 Å². The van der Waals surface area contributed by atoms with Gasteiger partial charge in [-0.25, -0.2) is 4.98 Å². The predicted molar refractivity (Wildman–Crippen MR) is 55.5 cm³/mol. The highest BCUT2D eigenvalue weighted by Gasteiger charge is 2.26. The SMILES string of the molecule is NC(=O)C(O)C(O)c1cnc(N)c([N+](=O)[O-])c1. The van der Waals surface area contributed by atoms with Gasteiger partial charge in [0.2, 0.25) is 11.7 Å². The monoisotopic (exact) mass is 242 g/mol. The molecule has 0 aliphatic rings. The Morgan fingerprint density at radius 1 is 1.53 bits per heavy atom. The summed E-state index contributed by atoms with van der Waals surface area (Å²) in [6, 6.07) is 0.916. The fourth-order valence-corrected chi connectivity index (χ4v) is 1.13. The molecule has 2 unspecified atom stereocenters. The number of nitrogens with zero attached hydrogens (tertiary/aromatic N) is 2. The van der Waals surface area contributed by atoms with E-state index in [1.165, 1.54) is 0 Å². The third-order valence-corrected chi connectivity index (χ3v) is 2.05. The average Bonchev–Trinajstić information content (AvgIpc) is 2.27. The molecule has 0 aliphatic carbocycles. The summed E-state index contributed by atoms with van der Waals surface area (Å²) in [4.78, 5) is 23.9. The van der Waals surface area contributed by atoms with Gasteiger partial charge >= 0.3 is 5.69 Å². The number of aliphatic hydroxyl groups is 2. The molecule has 1 rings (SSSR count). The Balaban J connectivity index is 3.11. The number of aromatic nitrogens is 1. The van der Waals surface area contributed by atoms with Crippen molar-refractivity contribution in [3.05, 3.63) is 27.9 Å². The summed E-state index contributed by atoms with van der Waals surface area (Å²) < 4.78 is 0. The van der Waals surface area contributed by atoms with Crippen LogP contribution in [0.1, 0.15) is 11.7 Å². The van der Waals surface area contributed by atoms with Gasteiger partial charge in [0, 0.05) is 17.8 Å². The highest BCUT2D eigenvalue weighted by Crippen LogP contribution is 2.24. The topological polar surface area (TPSA) is 166 Å². The fourth-order valence-electron chi connectivity index (χ4n) is 1.13. The van der Waals surface area contributed by atoms with Gasteiger partial charge in [-0.2, -0.15) is 0 Å². The molecule has 1 amide bonds. The number of hydrogen-bond donors (Lipinski definition) is 4. The number of hydrogen-bond acceptors (Lipinski definition) is 7. The molecule has 0 radical (unpaired) electrons. The van der Waals surface area contributed by atoms with Crippen LogP contribution in [0.15, 0.2) is 12.3 Å². The summed E-state index contributed by atoms with van der Waals surface area (Å²) in [5.41, 5.74) is 9.35. The Hall–Kier alpha value is -2.26. The summed E-state index contributed by atoms with van der Waals surface area (Å²) in [5.74, 6) is -1.49. The second-order valence-corrected chi connectivity index (χ2v) is 3.22. The number of nitro groups is 1. The van der Waals surface area contributed by atoms with Crippen LogP contribution in [0.3, 0.4) is 0 Å². The van der Waals surface area contributed by atoms with Crippen molar-refractivity contribution in [1.82, 2.24) is 4.98 Å². The number of amides is 1. The van der Waals surface area contributed by atoms with E-state index in [-0.39, 0.29) is 11.4 Å². The van der Waals surface area contributed by atoms with Crippen LogP contribution in [0.4, 0.5) is 11.5 Å². The molecule has 9 heteroatoms. The number of carbonyl (C=O) groups is 1. The van der Waals surface area contributed by atoms with E-state index in [4.69, 9.17) is 11.5 Å². The van der Waals surface area contributed by atoms with E-state index in [2.05, 4.69) is 4.98 Å². The van der Waals surface area contributed by atoms with Gasteiger partial charge in [-0.1, -0.05) is 0 Å². The molecule has 92 valence electrons. The van der Waals surface area contributed by atoms with E-state index >= 15 is 0 Å². The second kappa shape index (κ2) is 4.72. The first-order chi connectivity index (χ1) is 7.84. The zero-order valence-electron chi connectivity index (χ0n) is 8.48. The van der Waals surface area contributed by atoms with Gasteiger partial charge in [0.05, 0.1) is 4.92 Å². The minimum Gasteiger partial charge on any atom is -0.385 e. The molecule has 1 aromatic rings. The summed E-state index contributed by atoms with van der Waals surface area (Å²) >= 11 is 0. The Labute approximate surface area is 94.8 Å². The summed E-state index contributed by atoms with van der Waals surface area (Å²) in [6.07, 6.45) is -2.56. The smallest absolute Gasteiger partial charge is 0.311 e. The lowest BCUT2D eigenvalue weighted by atomic mass is 10.1. The molecule has 1 heterocycles. The zero-order chi connectivity index (χ0) is 13.2. The lowest BCUT2D eigenvalue weighted by Crippen LogP contribution is -2.33. The maximum absolute atomic E-state index is 10.6. The van der Waals surface area contributed by atoms with E-state index in [0.717, 1.165) is 12.3 Å². The van der Waals surface area contributed by atoms with Crippen LogP contribution in [0.2, 0.25) is 0 Å². The molecular formula is C8H10N4O5. The number of anilines is 1. The first kappa shape index (κ1) is 12.8. The van der Waals surface area contributed by atoms with Crippen molar-refractivity contribution < 1.29 is 19.9 Å². The minimum atomic E-state index is -1.87. The van der Waals surface area contributed by atoms with Gasteiger partial charge in [0.1, 0.15) is 6.10 Å². The van der Waals surface area contributed by atoms with Gasteiger partial charge in [0.25, 0.3) is 0 Å². The molecule has 1 aromatic heterocycles. The van der Waals surface area contributed by atoms with Crippen molar-refractivity contribution in [3.63, 3.8) is 0 Å². The van der Waals surface area contributed by atoms with E-state index in [9.17, 15) is 25.1 Å². The summed E-state index contributed by atoms with van der Waals surface area (Å²) in [7, 11) is 0. The number of pyridine rings is 1. The molecule has 0 saturated heterocycles. The summed E-state index contributed by atoms with van der Waals surface area (Å²) in [5, 5.41) is 29.2. The number of primary amides is 1. The van der Waals surface area contributed by atoms with Crippen molar-refractivity contribution in [2.75, 3.05) is 5.73 Å². The first-order valence-corrected chi connectivity index (χ1v) is 4.40. The Morgan fingerprint density at radius 2 is 2.12 bits per heavy atom. The van der Waals surface area contributed by atoms with Gasteiger partial charge in [-0.15, -0.1) is 0 Å². The normalized spacial score (nSPS) is 14.0. The number of carbonyl (C=O) groups excluding carboxylic acids is 1. The van der Waals surface area contributed by atoms with Crippen LogP contribution in [-0.4, -0.2) is 32.1 Å². The molecule has 0 fully saturated rings. The van der Waals surface area contributed by atoms with Gasteiger partial charge in [-0.05, 0) is 0 Å². The molecule has 0 bridgehead atoms. The third-order valence-electron chi connectivity index (χ3n) is 2.05. The number of nitrogen functional groups attached to an aromatic ring is 1. The van der Waals surface area contributed by atoms with Crippen LogP contribution in [0, 0.1) is 10.1 Å². The van der Waals surface area contributed by atoms with Crippen molar-refractivity contribution in [3.8, 4) is 0 Å². The zero-order valence-corrected chi connectivity index (χ0v) is 8.48. The highest BCUT2D eigenvalue weighted by molar-refractivity contribution is 5.79. The standard InChI is InChI=1S/C8H10N4O5/c9-7-4(12(16)17)1-3(2-11-7)5(13)6(14)8(10)15/h1-2,5-6,13-14H,(H2,9,11)(H2,10,15). The molecule has 0 spiro atoms. The van der Waals surface area contributed by atoms with Crippen molar-refractivity contribution in [1.29, 1.82) is 0 Å². The molecule has 17 heavy (non-hydrogen) atoms. The predicted octanol–water partition coefficient (Wildman–Crippen LogP) is -1.55. The number of rotatable bonds is 4. The van der Waals surface area contributed by atoms with Crippen LogP contribution in [0.5, 0.6) is 0 Å². The Kier molecular flexibility index (Phi) is 3.55. The Morgan fingerprint density at radius 3 is 2.59 bits per heavy atom. The van der Waals surface area contributed by atoms with Crippen molar-refractivity contribution in [2.45, 2.75) is 12.2 Å². The van der Waals surface area contributed by atoms with Gasteiger partial charge < -0.3 is 21.7 Å². The molecule has 2 atom stereocenters. The average molecular weight is 242 g/mol. The quantitative estimate of drug-likeness (QED) is 0.366. The first-order valence-electron chi connectivity index (χ1n) is 4.40. The lowest BCUT2D eigenvalue weighted by Gasteiger charge is -2.14. The Bertz CT molecular complexity index is 463. The lowest BCUT2D eigenvalue weighted by molar-refractivity contribution is -0.384. The highest BCUT2D eigenvalue weighted by atomic mass is 16.6. The van der Waals surface area contributed by atoms with Crippen LogP contribution < -0.4 is 11.5 Å². The third kappa shape index (κ3) is 2.65. The maximum Gasteiger partial charge on any atom is 0.311 e. The van der Waals surface area contributed by atoms with E-state index in [1.54, 1.807) is 0 Å². The fraction of sp³-hybridized carbons (Fsp3) is 0.250. The van der Waals surface area contributed by atoms with Crippen LogP contribution in [0.25, 0.3) is 0 Å². The van der Waals surface area contributed by atoms with E-state index in [1.807, 2.05) is 0 Å². The molecule has 0 saturated carbocycles. The molecule has 6 N–H and O–H groups in total. The van der Waals surface area contributed by atoms with Crippen molar-refractivity contribution in [2.24, 2.45) is 5.73 Å². The van der Waals surface area contributed by atoms with Gasteiger partial charge in [-0.3, -0.25) is 14.9 Å². The maximum atomic E-state index is 10.6. The number of aliphatic hydroxyl groups excluding tert-OH is 2. The van der Waals surface area contributed by atoms with Crippen LogP contribution in [-0.2, 0) is 4.79 Å². The van der Waals surface area contributed by atoms with Gasteiger partial charge in [0.15, 0.2) is 6.10 Å². The van der Waals surface area contributed by atoms with Crippen molar-refractivity contribution >= 4 is 17.4 Å².